The Bertz CT molecular complexity index is 367. The second-order valence-electron chi connectivity index (χ2n) is 4.45. The van der Waals surface area contributed by atoms with Gasteiger partial charge in [-0.1, -0.05) is 25.3 Å². The van der Waals surface area contributed by atoms with Crippen molar-refractivity contribution in [2.45, 2.75) is 37.7 Å². The number of aliphatic hydroxyl groups is 1. The molecule has 0 atom stereocenters. The van der Waals surface area contributed by atoms with Gasteiger partial charge in [0.2, 0.25) is 0 Å². The molecular weight excluding hydrogens is 204 g/mol. The number of rotatable bonds is 2. The fraction of sp³-hybridized carbons (Fsp3) is 0.538. The van der Waals surface area contributed by atoms with E-state index < -0.39 is 5.60 Å². The maximum atomic E-state index is 10.6. The van der Waals surface area contributed by atoms with Crippen LogP contribution >= 0.6 is 0 Å². The van der Waals surface area contributed by atoms with Gasteiger partial charge in [0.1, 0.15) is 11.5 Å². The first-order valence-corrected chi connectivity index (χ1v) is 5.76. The molecule has 0 bridgehead atoms. The summed E-state index contributed by atoms with van der Waals surface area (Å²) in [5.41, 5.74) is -0.369. The quantitative estimate of drug-likeness (QED) is 0.808. The number of hydrogen-bond acceptors (Lipinski definition) is 3. The summed E-state index contributed by atoms with van der Waals surface area (Å²) in [6, 6.07) is 5.11. The summed E-state index contributed by atoms with van der Waals surface area (Å²) in [5, 5.41) is 20.5. The molecule has 2 N–H and O–H groups in total. The highest BCUT2D eigenvalue weighted by Crippen LogP contribution is 2.45. The third kappa shape index (κ3) is 1.87. The van der Waals surface area contributed by atoms with Crippen molar-refractivity contribution >= 4 is 0 Å². The van der Waals surface area contributed by atoms with Crippen LogP contribution in [0.3, 0.4) is 0 Å². The van der Waals surface area contributed by atoms with Crippen LogP contribution in [0.15, 0.2) is 18.2 Å². The molecule has 88 valence electrons. The van der Waals surface area contributed by atoms with Crippen molar-refractivity contribution in [3.05, 3.63) is 23.8 Å². The Balaban J connectivity index is 2.44. The van der Waals surface area contributed by atoms with Gasteiger partial charge in [-0.15, -0.1) is 0 Å². The van der Waals surface area contributed by atoms with Crippen molar-refractivity contribution in [2.75, 3.05) is 7.11 Å². The summed E-state index contributed by atoms with van der Waals surface area (Å²) < 4.78 is 5.22. The molecule has 1 saturated carbocycles. The van der Waals surface area contributed by atoms with Gasteiger partial charge in [0, 0.05) is 0 Å². The largest absolute Gasteiger partial charge is 0.507 e. The standard InChI is InChI=1S/C13H18O3/c1-16-11-7-5-6-10(14)12(11)13(15)8-3-2-4-9-13/h5-7,14-15H,2-4,8-9H2,1H3. The SMILES string of the molecule is COc1cccc(O)c1C1(O)CCCCC1. The van der Waals surface area contributed by atoms with Crippen molar-refractivity contribution in [1.82, 2.24) is 0 Å². The number of benzene rings is 1. The van der Waals surface area contributed by atoms with Crippen LogP contribution in [0.4, 0.5) is 0 Å². The summed E-state index contributed by atoms with van der Waals surface area (Å²) in [7, 11) is 1.56. The lowest BCUT2D eigenvalue weighted by molar-refractivity contribution is -0.00451. The molecular formula is C13H18O3. The average Bonchev–Trinajstić information content (AvgIpc) is 2.29. The Hall–Kier alpha value is -1.22. The van der Waals surface area contributed by atoms with Crippen molar-refractivity contribution < 1.29 is 14.9 Å². The van der Waals surface area contributed by atoms with Crippen LogP contribution in [0, 0.1) is 0 Å². The molecule has 0 aliphatic heterocycles. The lowest BCUT2D eigenvalue weighted by Crippen LogP contribution is -2.29. The van der Waals surface area contributed by atoms with E-state index in [4.69, 9.17) is 4.74 Å². The zero-order valence-electron chi connectivity index (χ0n) is 9.57. The number of methoxy groups -OCH3 is 1. The summed E-state index contributed by atoms with van der Waals surface area (Å²) in [6.07, 6.45) is 4.53. The third-order valence-corrected chi connectivity index (χ3v) is 3.37. The summed E-state index contributed by atoms with van der Waals surface area (Å²) in [6.45, 7) is 0. The van der Waals surface area contributed by atoms with Gasteiger partial charge in [-0.25, -0.2) is 0 Å². The van der Waals surface area contributed by atoms with Gasteiger partial charge in [0.15, 0.2) is 0 Å². The Kier molecular flexibility index (Phi) is 3.06. The third-order valence-electron chi connectivity index (χ3n) is 3.37. The van der Waals surface area contributed by atoms with Gasteiger partial charge in [-0.2, -0.15) is 0 Å². The van der Waals surface area contributed by atoms with Crippen LogP contribution in [0.25, 0.3) is 0 Å². The lowest BCUT2D eigenvalue weighted by atomic mass is 9.79. The van der Waals surface area contributed by atoms with Gasteiger partial charge in [0.25, 0.3) is 0 Å². The second-order valence-corrected chi connectivity index (χ2v) is 4.45. The Morgan fingerprint density at radius 1 is 1.19 bits per heavy atom. The molecule has 0 radical (unpaired) electrons. The van der Waals surface area contributed by atoms with Crippen molar-refractivity contribution in [1.29, 1.82) is 0 Å². The molecule has 1 aliphatic carbocycles. The van der Waals surface area contributed by atoms with E-state index in [0.717, 1.165) is 19.3 Å². The van der Waals surface area contributed by atoms with Crippen LogP contribution in [0.2, 0.25) is 0 Å². The molecule has 3 nitrogen and oxygen atoms in total. The normalized spacial score (nSPS) is 19.4. The van der Waals surface area contributed by atoms with Gasteiger partial charge in [0.05, 0.1) is 18.3 Å². The van der Waals surface area contributed by atoms with E-state index in [1.165, 1.54) is 0 Å². The molecule has 3 heteroatoms. The van der Waals surface area contributed by atoms with E-state index in [2.05, 4.69) is 0 Å². The highest BCUT2D eigenvalue weighted by atomic mass is 16.5. The van der Waals surface area contributed by atoms with E-state index in [1.807, 2.05) is 0 Å². The smallest absolute Gasteiger partial charge is 0.128 e. The van der Waals surface area contributed by atoms with E-state index >= 15 is 0 Å². The molecule has 1 aliphatic rings. The van der Waals surface area contributed by atoms with E-state index in [1.54, 1.807) is 25.3 Å². The number of phenolic OH excluding ortho intramolecular Hbond substituents is 1. The minimum Gasteiger partial charge on any atom is -0.507 e. The van der Waals surface area contributed by atoms with Gasteiger partial charge >= 0.3 is 0 Å². The number of aromatic hydroxyl groups is 1. The summed E-state index contributed by atoms with van der Waals surface area (Å²) in [4.78, 5) is 0. The minimum atomic E-state index is -0.922. The molecule has 0 amide bonds. The summed E-state index contributed by atoms with van der Waals surface area (Å²) >= 11 is 0. The van der Waals surface area contributed by atoms with E-state index in [9.17, 15) is 10.2 Å². The first kappa shape index (κ1) is 11.3. The number of hydrogen-bond donors (Lipinski definition) is 2. The van der Waals surface area contributed by atoms with Crippen LogP contribution in [-0.2, 0) is 5.60 Å². The first-order chi connectivity index (χ1) is 7.67. The van der Waals surface area contributed by atoms with Gasteiger partial charge in [-0.05, 0) is 25.0 Å². The highest BCUT2D eigenvalue weighted by Gasteiger charge is 2.36. The predicted octanol–water partition coefficient (Wildman–Crippen LogP) is 2.55. The van der Waals surface area contributed by atoms with Crippen molar-refractivity contribution in [3.8, 4) is 11.5 Å². The molecule has 0 aromatic heterocycles. The fourth-order valence-electron chi connectivity index (χ4n) is 2.54. The van der Waals surface area contributed by atoms with Crippen LogP contribution in [0.5, 0.6) is 11.5 Å². The molecule has 16 heavy (non-hydrogen) atoms. The minimum absolute atomic E-state index is 0.128. The molecule has 1 aromatic rings. The first-order valence-electron chi connectivity index (χ1n) is 5.76. The summed E-state index contributed by atoms with van der Waals surface area (Å²) in [5.74, 6) is 0.702. The van der Waals surface area contributed by atoms with E-state index in [-0.39, 0.29) is 5.75 Å². The molecule has 2 rings (SSSR count). The maximum Gasteiger partial charge on any atom is 0.128 e. The molecule has 1 fully saturated rings. The molecule has 1 aromatic carbocycles. The fourth-order valence-corrected chi connectivity index (χ4v) is 2.54. The Morgan fingerprint density at radius 3 is 2.50 bits per heavy atom. The molecule has 0 spiro atoms. The van der Waals surface area contributed by atoms with Crippen LogP contribution in [0.1, 0.15) is 37.7 Å². The second kappa shape index (κ2) is 4.34. The topological polar surface area (TPSA) is 49.7 Å². The van der Waals surface area contributed by atoms with Gasteiger partial charge in [-0.3, -0.25) is 0 Å². The van der Waals surface area contributed by atoms with Crippen LogP contribution in [-0.4, -0.2) is 17.3 Å². The highest BCUT2D eigenvalue weighted by molar-refractivity contribution is 5.48. The molecule has 0 heterocycles. The van der Waals surface area contributed by atoms with Gasteiger partial charge < -0.3 is 14.9 Å². The van der Waals surface area contributed by atoms with Crippen molar-refractivity contribution in [3.63, 3.8) is 0 Å². The number of phenols is 1. The van der Waals surface area contributed by atoms with Crippen LogP contribution < -0.4 is 4.74 Å². The maximum absolute atomic E-state index is 10.6. The van der Waals surface area contributed by atoms with Crippen molar-refractivity contribution in [2.24, 2.45) is 0 Å². The average molecular weight is 222 g/mol. The Labute approximate surface area is 95.7 Å². The lowest BCUT2D eigenvalue weighted by Gasteiger charge is -2.33. The zero-order valence-corrected chi connectivity index (χ0v) is 9.57. The monoisotopic (exact) mass is 222 g/mol. The Morgan fingerprint density at radius 2 is 1.88 bits per heavy atom. The zero-order chi connectivity index (χ0) is 11.6. The predicted molar refractivity (Wildman–Crippen MR) is 61.6 cm³/mol. The molecule has 0 saturated heterocycles. The van der Waals surface area contributed by atoms with E-state index in [0.29, 0.717) is 24.2 Å². The number of ether oxygens (including phenoxy) is 1. The molecule has 0 unspecified atom stereocenters.